The van der Waals surface area contributed by atoms with Crippen LogP contribution in [-0.2, 0) is 0 Å². The van der Waals surface area contributed by atoms with E-state index in [0.717, 1.165) is 5.54 Å². The van der Waals surface area contributed by atoms with E-state index in [1.54, 1.807) is 0 Å². The molecule has 0 radical (unpaired) electrons. The van der Waals surface area contributed by atoms with Gasteiger partial charge in [-0.15, -0.1) is 0 Å². The molecule has 2 nitrogen and oxygen atoms in total. The third-order valence-electron chi connectivity index (χ3n) is 0.327. The van der Waals surface area contributed by atoms with Gasteiger partial charge in [-0.05, 0) is 0 Å². The zero-order valence-electron chi connectivity index (χ0n) is 3.35. The smallest absolute Gasteiger partial charge is 0.153 e. The number of halogens is 1. The Balaban J connectivity index is 4.03. The van der Waals surface area contributed by atoms with E-state index in [0.29, 0.717) is 0 Å². The summed E-state index contributed by atoms with van der Waals surface area (Å²) in [4.78, 5) is 5.50. The van der Waals surface area contributed by atoms with E-state index in [-0.39, 0.29) is 5.82 Å². The summed E-state index contributed by atoms with van der Waals surface area (Å²) < 4.78 is 0. The average molecular weight is 113 g/mol. The molecule has 7 heavy (non-hydrogen) atoms. The summed E-state index contributed by atoms with van der Waals surface area (Å²) in [5.41, 5.74) is 0.958. The summed E-state index contributed by atoms with van der Waals surface area (Å²) in [7, 11) is 0. The van der Waals surface area contributed by atoms with Crippen molar-refractivity contribution in [3.05, 3.63) is 34.2 Å². The first-order chi connectivity index (χ1) is 3.35. The minimum absolute atomic E-state index is 0.0957. The first-order valence-corrected chi connectivity index (χ1v) is 1.84. The monoisotopic (exact) mass is 112 g/mol. The molecule has 0 heterocycles. The van der Waals surface area contributed by atoms with E-state index < -0.39 is 0 Å². The van der Waals surface area contributed by atoms with Gasteiger partial charge in [0.15, 0.2) is 0 Å². The van der Waals surface area contributed by atoms with Crippen molar-refractivity contribution in [2.24, 2.45) is 0 Å². The molecular formula is C4HClN2. The minimum Gasteiger partial charge on any atom is -0.153 e. The zero-order valence-corrected chi connectivity index (χ0v) is 4.11. The van der Waals surface area contributed by atoms with Crippen LogP contribution >= 0.6 is 11.6 Å². The van der Waals surface area contributed by atoms with Crippen LogP contribution in [0.4, 0.5) is 0 Å². The second-order valence-corrected chi connectivity index (χ2v) is 0.909. The van der Waals surface area contributed by atoms with Crippen LogP contribution in [-0.4, -0.2) is 0 Å². The minimum atomic E-state index is -0.0957. The molecule has 0 aliphatic carbocycles. The number of hydrogen-bond acceptors (Lipinski definition) is 0. The van der Waals surface area contributed by atoms with Gasteiger partial charge in [0.25, 0.3) is 0 Å². The standard InChI is InChI=1S/C4HClN2/c1-6-4(3-5)7-2/h3H. The predicted molar refractivity (Wildman–Crippen MR) is 27.1 cm³/mol. The molecule has 0 amide bonds. The van der Waals surface area contributed by atoms with Gasteiger partial charge in [-0.2, -0.15) is 9.69 Å². The van der Waals surface area contributed by atoms with Crippen LogP contribution in [0, 0.1) is 13.1 Å². The molecule has 34 valence electrons. The van der Waals surface area contributed by atoms with Crippen molar-refractivity contribution in [3.8, 4) is 0 Å². The summed E-state index contributed by atoms with van der Waals surface area (Å²) >= 11 is 4.98. The molecule has 0 unspecified atom stereocenters. The molecular weight excluding hydrogens is 112 g/mol. The number of nitrogens with zero attached hydrogens (tertiary/aromatic N) is 2. The lowest BCUT2D eigenvalue weighted by atomic mass is 10.9. The van der Waals surface area contributed by atoms with Crippen molar-refractivity contribution in [1.82, 2.24) is 0 Å². The maximum absolute atomic E-state index is 6.22. The third-order valence-corrected chi connectivity index (χ3v) is 0.522. The number of rotatable bonds is 0. The quantitative estimate of drug-likeness (QED) is 0.423. The van der Waals surface area contributed by atoms with E-state index in [1.165, 1.54) is 0 Å². The van der Waals surface area contributed by atoms with Crippen molar-refractivity contribution in [2.75, 3.05) is 0 Å². The lowest BCUT2D eigenvalue weighted by molar-refractivity contribution is 1.75. The third kappa shape index (κ3) is 1.81. The van der Waals surface area contributed by atoms with Gasteiger partial charge in [0.1, 0.15) is 13.1 Å². The molecule has 0 aromatic rings. The second kappa shape index (κ2) is 3.21. The fourth-order valence-electron chi connectivity index (χ4n) is 0.0738. The van der Waals surface area contributed by atoms with Crippen LogP contribution in [0.1, 0.15) is 0 Å². The topological polar surface area (TPSA) is 8.72 Å². The first kappa shape index (κ1) is 6.01. The predicted octanol–water partition coefficient (Wildman–Crippen LogP) is 1.86. The van der Waals surface area contributed by atoms with Gasteiger partial charge in [-0.25, -0.2) is 0 Å². The van der Waals surface area contributed by atoms with Crippen molar-refractivity contribution < 1.29 is 0 Å². The fourth-order valence-corrected chi connectivity index (χ4v) is 0.171. The van der Waals surface area contributed by atoms with Gasteiger partial charge in [0.2, 0.25) is 0 Å². The second-order valence-electron chi connectivity index (χ2n) is 0.691. The highest BCUT2D eigenvalue weighted by Gasteiger charge is 1.95. The van der Waals surface area contributed by atoms with Crippen LogP contribution in [0.5, 0.6) is 0 Å². The highest BCUT2D eigenvalue weighted by atomic mass is 35.5. The SMILES string of the molecule is [C-]#[N+]C(=CCl)[N+]#[C-]. The van der Waals surface area contributed by atoms with Crippen molar-refractivity contribution in [2.45, 2.75) is 0 Å². The Kier molecular flexibility index (Phi) is 2.76. The Morgan fingerprint density at radius 3 is 1.86 bits per heavy atom. The van der Waals surface area contributed by atoms with E-state index in [1.807, 2.05) is 0 Å². The molecule has 0 aliphatic rings. The van der Waals surface area contributed by atoms with Crippen LogP contribution in [0.25, 0.3) is 9.69 Å². The molecule has 0 rings (SSSR count). The van der Waals surface area contributed by atoms with Crippen molar-refractivity contribution in [3.63, 3.8) is 0 Å². The molecule has 0 bridgehead atoms. The van der Waals surface area contributed by atoms with Gasteiger partial charge < -0.3 is 0 Å². The Labute approximate surface area is 46.7 Å². The summed E-state index contributed by atoms with van der Waals surface area (Å²) in [5, 5.41) is 0. The molecule has 0 aliphatic heterocycles. The van der Waals surface area contributed by atoms with Gasteiger partial charge in [-0.1, -0.05) is 11.6 Å². The van der Waals surface area contributed by atoms with Crippen LogP contribution in [0.2, 0.25) is 0 Å². The normalized spacial score (nSPS) is 5.57. The molecule has 0 aromatic heterocycles. The Morgan fingerprint density at radius 1 is 1.43 bits per heavy atom. The van der Waals surface area contributed by atoms with Crippen LogP contribution < -0.4 is 0 Å². The van der Waals surface area contributed by atoms with Crippen molar-refractivity contribution >= 4 is 11.6 Å². The molecule has 3 heteroatoms. The molecule has 0 fully saturated rings. The van der Waals surface area contributed by atoms with Gasteiger partial charge in [-0.3, -0.25) is 0 Å². The molecule has 0 saturated carbocycles. The lowest BCUT2D eigenvalue weighted by Crippen LogP contribution is -1.51. The Bertz CT molecular complexity index is 142. The molecule has 0 spiro atoms. The van der Waals surface area contributed by atoms with Crippen LogP contribution in [0.15, 0.2) is 11.4 Å². The lowest BCUT2D eigenvalue weighted by Gasteiger charge is -1.58. The van der Waals surface area contributed by atoms with E-state index in [4.69, 9.17) is 24.7 Å². The average Bonchev–Trinajstić information content (AvgIpc) is 1.72. The number of hydrogen-bond donors (Lipinski definition) is 0. The summed E-state index contributed by atoms with van der Waals surface area (Å²) in [6, 6.07) is 0. The highest BCUT2D eigenvalue weighted by Crippen LogP contribution is 1.97. The van der Waals surface area contributed by atoms with Crippen molar-refractivity contribution in [1.29, 1.82) is 0 Å². The van der Waals surface area contributed by atoms with E-state index >= 15 is 0 Å². The first-order valence-electron chi connectivity index (χ1n) is 1.40. The van der Waals surface area contributed by atoms with Gasteiger partial charge >= 0.3 is 5.82 Å². The van der Waals surface area contributed by atoms with Gasteiger partial charge in [0.05, 0.1) is 5.54 Å². The molecule has 0 aromatic carbocycles. The molecule has 0 atom stereocenters. The maximum Gasteiger partial charge on any atom is 0.530 e. The fraction of sp³-hybridized carbons (Fsp3) is 0. The highest BCUT2D eigenvalue weighted by molar-refractivity contribution is 6.25. The summed E-state index contributed by atoms with van der Waals surface area (Å²) in [5.74, 6) is -0.0957. The van der Waals surface area contributed by atoms with Crippen LogP contribution in [0.3, 0.4) is 0 Å². The van der Waals surface area contributed by atoms with E-state index in [9.17, 15) is 0 Å². The summed E-state index contributed by atoms with van der Waals surface area (Å²) in [6.45, 7) is 12.4. The Morgan fingerprint density at radius 2 is 1.86 bits per heavy atom. The Hall–Kier alpha value is -0.990. The summed E-state index contributed by atoms with van der Waals surface area (Å²) in [6.07, 6.45) is 0. The maximum atomic E-state index is 6.22. The van der Waals surface area contributed by atoms with E-state index in [2.05, 4.69) is 9.69 Å². The van der Waals surface area contributed by atoms with Gasteiger partial charge in [0, 0.05) is 0 Å². The molecule has 0 N–H and O–H groups in total. The molecule has 0 saturated heterocycles. The largest absolute Gasteiger partial charge is 0.530 e. The zero-order chi connectivity index (χ0) is 5.70.